The topological polar surface area (TPSA) is 32.5 Å². The molecule has 0 aromatic heterocycles. The van der Waals surface area contributed by atoms with Crippen LogP contribution in [0.4, 0.5) is 0 Å². The summed E-state index contributed by atoms with van der Waals surface area (Å²) in [6.45, 7) is 7.16. The summed E-state index contributed by atoms with van der Waals surface area (Å²) in [5, 5.41) is 0. The van der Waals surface area contributed by atoms with Crippen molar-refractivity contribution in [1.82, 2.24) is 9.80 Å². The molecule has 0 radical (unpaired) electrons. The predicted octanol–water partition coefficient (Wildman–Crippen LogP) is 1.77. The van der Waals surface area contributed by atoms with E-state index in [9.17, 15) is 0 Å². The van der Waals surface area contributed by atoms with Gasteiger partial charge in [-0.25, -0.2) is 0 Å². The van der Waals surface area contributed by atoms with E-state index >= 15 is 0 Å². The predicted molar refractivity (Wildman–Crippen MR) is 77.6 cm³/mol. The lowest BCUT2D eigenvalue weighted by Gasteiger charge is -2.39. The van der Waals surface area contributed by atoms with Crippen LogP contribution in [0.1, 0.15) is 39.5 Å². The van der Waals surface area contributed by atoms with Gasteiger partial charge in [0, 0.05) is 31.2 Å². The van der Waals surface area contributed by atoms with Crippen molar-refractivity contribution in [2.24, 2.45) is 17.6 Å². The van der Waals surface area contributed by atoms with Crippen molar-refractivity contribution >= 4 is 0 Å². The van der Waals surface area contributed by atoms with Crippen molar-refractivity contribution in [3.8, 4) is 0 Å². The summed E-state index contributed by atoms with van der Waals surface area (Å²) in [6, 6.07) is 1.75. The molecule has 0 amide bonds. The van der Waals surface area contributed by atoms with Gasteiger partial charge in [-0.15, -0.1) is 0 Å². The molecule has 3 nitrogen and oxygen atoms in total. The summed E-state index contributed by atoms with van der Waals surface area (Å²) in [7, 11) is 4.42. The van der Waals surface area contributed by atoms with Crippen molar-refractivity contribution in [2.75, 3.05) is 27.2 Å². The highest BCUT2D eigenvalue weighted by Crippen LogP contribution is 2.32. The largest absolute Gasteiger partial charge is 0.326 e. The Balaban J connectivity index is 1.98. The Morgan fingerprint density at radius 1 is 1.22 bits per heavy atom. The zero-order chi connectivity index (χ0) is 13.3. The molecular weight excluding hydrogens is 222 g/mol. The van der Waals surface area contributed by atoms with Crippen LogP contribution in [-0.2, 0) is 0 Å². The SMILES string of the molecule is CCC1CCC(N)C(N2CC(C)C(N(C)C)C2)C1. The summed E-state index contributed by atoms with van der Waals surface area (Å²) >= 11 is 0. The minimum atomic E-state index is 0.404. The molecule has 1 saturated heterocycles. The van der Waals surface area contributed by atoms with Crippen LogP contribution in [0.2, 0.25) is 0 Å². The van der Waals surface area contributed by atoms with E-state index in [0.29, 0.717) is 18.1 Å². The summed E-state index contributed by atoms with van der Waals surface area (Å²) in [4.78, 5) is 5.07. The highest BCUT2D eigenvalue weighted by molar-refractivity contribution is 4.96. The zero-order valence-electron chi connectivity index (χ0n) is 12.6. The minimum Gasteiger partial charge on any atom is -0.326 e. The van der Waals surface area contributed by atoms with Gasteiger partial charge in [0.1, 0.15) is 0 Å². The van der Waals surface area contributed by atoms with Crippen LogP contribution in [0.3, 0.4) is 0 Å². The quantitative estimate of drug-likeness (QED) is 0.832. The van der Waals surface area contributed by atoms with Crippen LogP contribution in [-0.4, -0.2) is 55.1 Å². The first-order valence-electron chi connectivity index (χ1n) is 7.69. The van der Waals surface area contributed by atoms with Crippen LogP contribution in [0.5, 0.6) is 0 Å². The number of likely N-dealkylation sites (tertiary alicyclic amines) is 1. The average Bonchev–Trinajstić information content (AvgIpc) is 2.72. The van der Waals surface area contributed by atoms with Gasteiger partial charge in [0.15, 0.2) is 0 Å². The Morgan fingerprint density at radius 3 is 2.50 bits per heavy atom. The van der Waals surface area contributed by atoms with E-state index in [-0.39, 0.29) is 0 Å². The molecule has 2 fully saturated rings. The van der Waals surface area contributed by atoms with E-state index in [4.69, 9.17) is 5.73 Å². The molecule has 106 valence electrons. The number of rotatable bonds is 3. The highest BCUT2D eigenvalue weighted by Gasteiger charge is 2.39. The van der Waals surface area contributed by atoms with Gasteiger partial charge in [-0.2, -0.15) is 0 Å². The summed E-state index contributed by atoms with van der Waals surface area (Å²) in [5.41, 5.74) is 6.39. The first-order chi connectivity index (χ1) is 8.52. The van der Waals surface area contributed by atoms with Gasteiger partial charge >= 0.3 is 0 Å². The number of nitrogens with zero attached hydrogens (tertiary/aromatic N) is 2. The summed E-state index contributed by atoms with van der Waals surface area (Å²) < 4.78 is 0. The number of hydrogen-bond donors (Lipinski definition) is 1. The van der Waals surface area contributed by atoms with Gasteiger partial charge in [0.2, 0.25) is 0 Å². The molecule has 5 unspecified atom stereocenters. The maximum Gasteiger partial charge on any atom is 0.0254 e. The Bertz CT molecular complexity index is 266. The van der Waals surface area contributed by atoms with Gasteiger partial charge in [0.05, 0.1) is 0 Å². The molecule has 0 aromatic rings. The molecular formula is C15H31N3. The lowest BCUT2D eigenvalue weighted by molar-refractivity contribution is 0.125. The minimum absolute atomic E-state index is 0.404. The molecule has 5 atom stereocenters. The highest BCUT2D eigenvalue weighted by atomic mass is 15.3. The van der Waals surface area contributed by atoms with Gasteiger partial charge in [0.25, 0.3) is 0 Å². The number of nitrogens with two attached hydrogens (primary N) is 1. The van der Waals surface area contributed by atoms with E-state index in [1.165, 1.54) is 38.8 Å². The Labute approximate surface area is 113 Å². The van der Waals surface area contributed by atoms with Crippen LogP contribution < -0.4 is 5.73 Å². The molecule has 0 spiro atoms. The first kappa shape index (κ1) is 14.3. The summed E-state index contributed by atoms with van der Waals surface area (Å²) in [6.07, 6.45) is 5.21. The molecule has 3 heteroatoms. The van der Waals surface area contributed by atoms with E-state index in [1.807, 2.05) is 0 Å². The molecule has 1 aliphatic heterocycles. The second-order valence-electron chi connectivity index (χ2n) is 6.78. The molecule has 0 aromatic carbocycles. The molecule has 1 aliphatic carbocycles. The van der Waals surface area contributed by atoms with Gasteiger partial charge in [-0.05, 0) is 45.2 Å². The lowest BCUT2D eigenvalue weighted by Crippen LogP contribution is -2.51. The van der Waals surface area contributed by atoms with Crippen molar-refractivity contribution in [1.29, 1.82) is 0 Å². The van der Waals surface area contributed by atoms with Crippen LogP contribution >= 0.6 is 0 Å². The van der Waals surface area contributed by atoms with Crippen molar-refractivity contribution < 1.29 is 0 Å². The normalized spacial score (nSPS) is 42.7. The van der Waals surface area contributed by atoms with E-state index in [0.717, 1.165) is 11.8 Å². The fourth-order valence-electron chi connectivity index (χ4n) is 3.97. The second-order valence-corrected chi connectivity index (χ2v) is 6.78. The Morgan fingerprint density at radius 2 is 1.94 bits per heavy atom. The van der Waals surface area contributed by atoms with Crippen LogP contribution in [0, 0.1) is 11.8 Å². The summed E-state index contributed by atoms with van der Waals surface area (Å²) in [5.74, 6) is 1.68. The Hall–Kier alpha value is -0.120. The smallest absolute Gasteiger partial charge is 0.0254 e. The molecule has 0 bridgehead atoms. The van der Waals surface area contributed by atoms with Crippen molar-refractivity contribution in [3.05, 3.63) is 0 Å². The zero-order valence-corrected chi connectivity index (χ0v) is 12.6. The molecule has 2 aliphatic rings. The van der Waals surface area contributed by atoms with Gasteiger partial charge < -0.3 is 10.6 Å². The fourth-order valence-corrected chi connectivity index (χ4v) is 3.97. The molecule has 2 rings (SSSR count). The fraction of sp³-hybridized carbons (Fsp3) is 1.00. The molecule has 18 heavy (non-hydrogen) atoms. The van der Waals surface area contributed by atoms with Crippen LogP contribution in [0.25, 0.3) is 0 Å². The molecule has 1 heterocycles. The standard InChI is InChI=1S/C15H31N3/c1-5-12-6-7-13(16)14(8-12)18-9-11(2)15(10-18)17(3)4/h11-15H,5-10,16H2,1-4H3. The van der Waals surface area contributed by atoms with Gasteiger partial charge in [-0.3, -0.25) is 4.90 Å². The number of likely N-dealkylation sites (N-methyl/N-ethyl adjacent to an activating group) is 1. The second kappa shape index (κ2) is 5.89. The monoisotopic (exact) mass is 253 g/mol. The van der Waals surface area contributed by atoms with Gasteiger partial charge in [-0.1, -0.05) is 20.3 Å². The van der Waals surface area contributed by atoms with E-state index in [1.54, 1.807) is 0 Å². The van der Waals surface area contributed by atoms with Crippen LogP contribution in [0.15, 0.2) is 0 Å². The maximum atomic E-state index is 6.39. The maximum absolute atomic E-state index is 6.39. The van der Waals surface area contributed by atoms with E-state index in [2.05, 4.69) is 37.7 Å². The van der Waals surface area contributed by atoms with Crippen molar-refractivity contribution in [3.63, 3.8) is 0 Å². The van der Waals surface area contributed by atoms with Crippen molar-refractivity contribution in [2.45, 2.75) is 57.7 Å². The third-order valence-corrected chi connectivity index (χ3v) is 5.29. The third kappa shape index (κ3) is 2.89. The Kier molecular flexibility index (Phi) is 4.68. The third-order valence-electron chi connectivity index (χ3n) is 5.29. The van der Waals surface area contributed by atoms with E-state index < -0.39 is 0 Å². The molecule has 2 N–H and O–H groups in total. The number of hydrogen-bond acceptors (Lipinski definition) is 3. The lowest BCUT2D eigenvalue weighted by atomic mass is 9.81. The molecule has 1 saturated carbocycles. The average molecular weight is 253 g/mol. The first-order valence-corrected chi connectivity index (χ1v) is 7.69.